The average Bonchev–Trinajstić information content (AvgIpc) is 2.48. The van der Waals surface area contributed by atoms with E-state index in [1.54, 1.807) is 48.5 Å². The largest absolute Gasteiger partial charge is 0.484 e. The summed E-state index contributed by atoms with van der Waals surface area (Å²) in [4.78, 5) is 11.8. The van der Waals surface area contributed by atoms with Crippen LogP contribution in [0.1, 0.15) is 5.56 Å². The normalized spacial score (nSPS) is 10.5. The molecule has 2 rings (SSSR count). The van der Waals surface area contributed by atoms with Crippen LogP contribution < -0.4 is 10.1 Å². The van der Waals surface area contributed by atoms with Crippen LogP contribution in [-0.4, -0.2) is 23.9 Å². The number of ether oxygens (including phenoxy) is 1. The van der Waals surface area contributed by atoms with Crippen LogP contribution in [0.15, 0.2) is 53.7 Å². The number of carbonyl (C=O) groups excluding carboxylic acids is 1. The van der Waals surface area contributed by atoms with Gasteiger partial charge < -0.3 is 15.3 Å². The van der Waals surface area contributed by atoms with Gasteiger partial charge in [-0.2, -0.15) is 0 Å². The lowest BCUT2D eigenvalue weighted by Crippen LogP contribution is -2.20. The summed E-state index contributed by atoms with van der Waals surface area (Å²) in [6.45, 7) is -0.148. The molecule has 21 heavy (non-hydrogen) atoms. The van der Waals surface area contributed by atoms with Gasteiger partial charge in [-0.1, -0.05) is 41.0 Å². The number of nitrogens with zero attached hydrogens (tertiary/aromatic N) is 1. The number of oxime groups is 1. The van der Waals surface area contributed by atoms with Gasteiger partial charge in [0.25, 0.3) is 5.91 Å². The number of amides is 1. The molecule has 0 aromatic heterocycles. The van der Waals surface area contributed by atoms with Crippen molar-refractivity contribution in [2.45, 2.75) is 0 Å². The minimum Gasteiger partial charge on any atom is -0.484 e. The molecule has 108 valence electrons. The van der Waals surface area contributed by atoms with E-state index in [-0.39, 0.29) is 12.5 Å². The van der Waals surface area contributed by atoms with E-state index in [9.17, 15) is 4.79 Å². The zero-order valence-corrected chi connectivity index (χ0v) is 11.7. The van der Waals surface area contributed by atoms with E-state index in [4.69, 9.17) is 21.5 Å². The fraction of sp³-hybridized carbons (Fsp3) is 0.0667. The lowest BCUT2D eigenvalue weighted by Gasteiger charge is -2.09. The predicted octanol–water partition coefficient (Wildman–Crippen LogP) is 3.17. The third-order valence-corrected chi connectivity index (χ3v) is 2.91. The molecule has 0 atom stereocenters. The molecule has 0 heterocycles. The van der Waals surface area contributed by atoms with Gasteiger partial charge in [-0.05, 0) is 29.8 Å². The van der Waals surface area contributed by atoms with Crippen molar-refractivity contribution >= 4 is 29.4 Å². The van der Waals surface area contributed by atoms with Crippen LogP contribution in [-0.2, 0) is 4.79 Å². The molecule has 2 aromatic rings. The fourth-order valence-corrected chi connectivity index (χ4v) is 1.83. The summed E-state index contributed by atoms with van der Waals surface area (Å²) >= 11 is 5.95. The first-order valence-electron chi connectivity index (χ1n) is 6.14. The van der Waals surface area contributed by atoms with Crippen molar-refractivity contribution in [3.63, 3.8) is 0 Å². The van der Waals surface area contributed by atoms with E-state index in [1.165, 1.54) is 6.21 Å². The molecule has 5 nitrogen and oxygen atoms in total. The highest BCUT2D eigenvalue weighted by Crippen LogP contribution is 2.20. The smallest absolute Gasteiger partial charge is 0.262 e. The quantitative estimate of drug-likeness (QED) is 0.506. The second kappa shape index (κ2) is 7.31. The van der Waals surface area contributed by atoms with Crippen molar-refractivity contribution in [1.82, 2.24) is 0 Å². The van der Waals surface area contributed by atoms with Crippen LogP contribution in [0.5, 0.6) is 5.75 Å². The van der Waals surface area contributed by atoms with Gasteiger partial charge in [0.1, 0.15) is 5.75 Å². The standard InChI is InChI=1S/C15H13ClN2O3/c16-13-6-1-2-7-14(13)18-15(19)10-21-12-5-3-4-11(8-12)9-17-20/h1-9,20H,10H2,(H,18,19)/b17-9-. The lowest BCUT2D eigenvalue weighted by atomic mass is 10.2. The number of halogens is 1. The van der Waals surface area contributed by atoms with Crippen LogP contribution >= 0.6 is 11.6 Å². The van der Waals surface area contributed by atoms with Crippen molar-refractivity contribution in [2.75, 3.05) is 11.9 Å². The molecule has 0 unspecified atom stereocenters. The molecule has 0 bridgehead atoms. The molecular weight excluding hydrogens is 292 g/mol. The average molecular weight is 305 g/mol. The number of hydrogen-bond donors (Lipinski definition) is 2. The molecule has 0 aliphatic rings. The molecule has 2 aromatic carbocycles. The highest BCUT2D eigenvalue weighted by Gasteiger charge is 2.06. The summed E-state index contributed by atoms with van der Waals surface area (Å²) < 4.78 is 5.37. The SMILES string of the molecule is O=C(COc1cccc(/C=N\O)c1)Nc1ccccc1Cl. The second-order valence-corrected chi connectivity index (χ2v) is 4.54. The molecule has 2 N–H and O–H groups in total. The summed E-state index contributed by atoms with van der Waals surface area (Å²) in [5, 5.41) is 14.5. The highest BCUT2D eigenvalue weighted by molar-refractivity contribution is 6.33. The Balaban J connectivity index is 1.92. The minimum absolute atomic E-state index is 0.148. The number of hydrogen-bond acceptors (Lipinski definition) is 4. The van der Waals surface area contributed by atoms with E-state index < -0.39 is 0 Å². The van der Waals surface area contributed by atoms with Crippen molar-refractivity contribution in [3.8, 4) is 5.75 Å². The van der Waals surface area contributed by atoms with Gasteiger partial charge in [-0.15, -0.1) is 0 Å². The Bertz CT molecular complexity index is 659. The van der Waals surface area contributed by atoms with Crippen LogP contribution in [0.4, 0.5) is 5.69 Å². The first-order chi connectivity index (χ1) is 10.2. The molecule has 0 saturated carbocycles. The Morgan fingerprint density at radius 2 is 2.10 bits per heavy atom. The molecular formula is C15H13ClN2O3. The second-order valence-electron chi connectivity index (χ2n) is 4.13. The number of anilines is 1. The molecule has 1 amide bonds. The molecule has 0 aliphatic carbocycles. The third-order valence-electron chi connectivity index (χ3n) is 2.58. The van der Waals surface area contributed by atoms with E-state index in [0.717, 1.165) is 0 Å². The van der Waals surface area contributed by atoms with Gasteiger partial charge in [-0.25, -0.2) is 0 Å². The zero-order chi connectivity index (χ0) is 15.1. The van der Waals surface area contributed by atoms with Crippen LogP contribution in [0.2, 0.25) is 5.02 Å². The van der Waals surface area contributed by atoms with Crippen molar-refractivity contribution in [1.29, 1.82) is 0 Å². The summed E-state index contributed by atoms with van der Waals surface area (Å²) in [6.07, 6.45) is 1.27. The van der Waals surface area contributed by atoms with Gasteiger partial charge >= 0.3 is 0 Å². The Kier molecular flexibility index (Phi) is 5.17. The Labute approximate surface area is 126 Å². The summed E-state index contributed by atoms with van der Waals surface area (Å²) in [7, 11) is 0. The topological polar surface area (TPSA) is 70.9 Å². The van der Waals surface area contributed by atoms with Crippen LogP contribution in [0.3, 0.4) is 0 Å². The maximum absolute atomic E-state index is 11.8. The first-order valence-corrected chi connectivity index (χ1v) is 6.51. The van der Waals surface area contributed by atoms with E-state index >= 15 is 0 Å². The van der Waals surface area contributed by atoms with Gasteiger partial charge in [-0.3, -0.25) is 4.79 Å². The van der Waals surface area contributed by atoms with Crippen molar-refractivity contribution in [3.05, 3.63) is 59.1 Å². The lowest BCUT2D eigenvalue weighted by molar-refractivity contribution is -0.118. The molecule has 0 radical (unpaired) electrons. The zero-order valence-electron chi connectivity index (χ0n) is 11.0. The molecule has 0 fully saturated rings. The number of carbonyl (C=O) groups is 1. The van der Waals surface area contributed by atoms with Crippen LogP contribution in [0, 0.1) is 0 Å². The third kappa shape index (κ3) is 4.50. The molecule has 0 spiro atoms. The molecule has 6 heteroatoms. The summed E-state index contributed by atoms with van der Waals surface area (Å²) in [5.74, 6) is 0.186. The highest BCUT2D eigenvalue weighted by atomic mass is 35.5. The Morgan fingerprint density at radius 3 is 2.86 bits per heavy atom. The Morgan fingerprint density at radius 1 is 1.29 bits per heavy atom. The van der Waals surface area contributed by atoms with E-state index in [0.29, 0.717) is 22.0 Å². The van der Waals surface area contributed by atoms with Crippen molar-refractivity contribution in [2.24, 2.45) is 5.16 Å². The predicted molar refractivity (Wildman–Crippen MR) is 81.4 cm³/mol. The van der Waals surface area contributed by atoms with Gasteiger partial charge in [0.15, 0.2) is 6.61 Å². The van der Waals surface area contributed by atoms with Gasteiger partial charge in [0, 0.05) is 0 Å². The number of para-hydroxylation sites is 1. The number of nitrogens with one attached hydrogen (secondary N) is 1. The minimum atomic E-state index is -0.315. The van der Waals surface area contributed by atoms with Crippen LogP contribution in [0.25, 0.3) is 0 Å². The van der Waals surface area contributed by atoms with E-state index in [1.807, 2.05) is 0 Å². The molecule has 0 aliphatic heterocycles. The van der Waals surface area contributed by atoms with Crippen molar-refractivity contribution < 1.29 is 14.7 Å². The Hall–Kier alpha value is -2.53. The monoisotopic (exact) mass is 304 g/mol. The van der Waals surface area contributed by atoms with E-state index in [2.05, 4.69) is 10.5 Å². The number of benzene rings is 2. The first kappa shape index (κ1) is 14.9. The number of rotatable bonds is 5. The molecule has 0 saturated heterocycles. The summed E-state index contributed by atoms with van der Waals surface area (Å²) in [6, 6.07) is 13.8. The van der Waals surface area contributed by atoms with Gasteiger partial charge in [0.2, 0.25) is 0 Å². The maximum Gasteiger partial charge on any atom is 0.262 e. The maximum atomic E-state index is 11.8. The fourth-order valence-electron chi connectivity index (χ4n) is 1.65. The summed E-state index contributed by atoms with van der Waals surface area (Å²) in [5.41, 5.74) is 1.20. The van der Waals surface area contributed by atoms with Gasteiger partial charge in [0.05, 0.1) is 16.9 Å².